The molecule has 4 rings (SSSR count). The fourth-order valence-corrected chi connectivity index (χ4v) is 3.39. The van der Waals surface area contributed by atoms with Crippen molar-refractivity contribution in [1.29, 1.82) is 0 Å². The summed E-state index contributed by atoms with van der Waals surface area (Å²) < 4.78 is 12.4. The zero-order valence-electron chi connectivity index (χ0n) is 13.4. The molecule has 0 bridgehead atoms. The summed E-state index contributed by atoms with van der Waals surface area (Å²) >= 11 is 1.50. The van der Waals surface area contributed by atoms with Crippen LogP contribution in [0.4, 0.5) is 0 Å². The first-order chi connectivity index (χ1) is 12.1. The minimum absolute atomic E-state index is 0.0201. The van der Waals surface area contributed by atoms with Gasteiger partial charge in [-0.2, -0.15) is 0 Å². The number of aryl methyl sites for hydroxylation is 1. The molecule has 3 aromatic heterocycles. The minimum atomic E-state index is -0.460. The Bertz CT molecular complexity index is 1110. The third-order valence-corrected chi connectivity index (χ3v) is 4.61. The smallest absolute Gasteiger partial charge is 0.336 e. The number of carbonyl (C=O) groups is 1. The van der Waals surface area contributed by atoms with Crippen LogP contribution in [0.15, 0.2) is 51.3 Å². The molecule has 0 N–H and O–H groups in total. The van der Waals surface area contributed by atoms with Crippen molar-refractivity contribution in [2.45, 2.75) is 20.0 Å². The van der Waals surface area contributed by atoms with Crippen LogP contribution in [0.2, 0.25) is 0 Å². The Balaban J connectivity index is 1.50. The van der Waals surface area contributed by atoms with E-state index in [1.54, 1.807) is 6.07 Å². The largest absolute Gasteiger partial charge is 0.460 e. The number of imidazole rings is 1. The molecule has 0 fully saturated rings. The standard InChI is InChI=1S/C18H14N2O4S/c1-11-2-3-14-12(7-17(22)24-15(14)6-11)10-23-16(21)8-13-9-20-4-5-25-18(20)19-13/h2-7,9H,8,10H2,1H3. The van der Waals surface area contributed by atoms with Gasteiger partial charge in [-0.25, -0.2) is 9.78 Å². The number of nitrogens with zero attached hydrogens (tertiary/aromatic N) is 2. The summed E-state index contributed by atoms with van der Waals surface area (Å²) in [4.78, 5) is 29.0. The van der Waals surface area contributed by atoms with Crippen LogP contribution in [0.25, 0.3) is 15.9 Å². The van der Waals surface area contributed by atoms with Crippen LogP contribution in [-0.2, 0) is 22.6 Å². The van der Waals surface area contributed by atoms with Crippen LogP contribution in [0.5, 0.6) is 0 Å². The van der Waals surface area contributed by atoms with Crippen molar-refractivity contribution in [2.24, 2.45) is 0 Å². The van der Waals surface area contributed by atoms with Gasteiger partial charge < -0.3 is 9.15 Å². The van der Waals surface area contributed by atoms with Gasteiger partial charge in [-0.05, 0) is 18.6 Å². The Hall–Kier alpha value is -2.93. The SMILES string of the molecule is Cc1ccc2c(COC(=O)Cc3cn4ccsc4n3)cc(=O)oc2c1. The van der Waals surface area contributed by atoms with Gasteiger partial charge >= 0.3 is 11.6 Å². The van der Waals surface area contributed by atoms with Crippen molar-refractivity contribution < 1.29 is 13.9 Å². The number of aromatic nitrogens is 2. The molecular formula is C18H14N2O4S. The number of hydrogen-bond donors (Lipinski definition) is 0. The fourth-order valence-electron chi connectivity index (χ4n) is 2.67. The number of rotatable bonds is 4. The van der Waals surface area contributed by atoms with Gasteiger partial charge in [-0.1, -0.05) is 12.1 Å². The number of ether oxygens (including phenoxy) is 1. The second kappa shape index (κ2) is 6.18. The summed E-state index contributed by atoms with van der Waals surface area (Å²) in [5, 5.41) is 2.69. The highest BCUT2D eigenvalue weighted by molar-refractivity contribution is 7.15. The van der Waals surface area contributed by atoms with Crippen molar-refractivity contribution in [1.82, 2.24) is 9.38 Å². The van der Waals surface area contributed by atoms with E-state index >= 15 is 0 Å². The lowest BCUT2D eigenvalue weighted by Gasteiger charge is -2.07. The number of carbonyl (C=O) groups excluding carboxylic acids is 1. The average Bonchev–Trinajstić information content (AvgIpc) is 3.13. The molecule has 0 saturated carbocycles. The van der Waals surface area contributed by atoms with Crippen molar-refractivity contribution in [3.63, 3.8) is 0 Å². The lowest BCUT2D eigenvalue weighted by atomic mass is 10.1. The summed E-state index contributed by atoms with van der Waals surface area (Å²) in [6.07, 6.45) is 3.79. The van der Waals surface area contributed by atoms with Gasteiger partial charge in [-0.15, -0.1) is 11.3 Å². The zero-order valence-corrected chi connectivity index (χ0v) is 14.2. The monoisotopic (exact) mass is 354 g/mol. The van der Waals surface area contributed by atoms with Gasteiger partial charge in [0.25, 0.3) is 0 Å². The molecule has 0 spiro atoms. The molecule has 4 aromatic rings. The van der Waals surface area contributed by atoms with Crippen molar-refractivity contribution in [3.8, 4) is 0 Å². The van der Waals surface area contributed by atoms with Crippen LogP contribution in [0.3, 0.4) is 0 Å². The Morgan fingerprint density at radius 3 is 3.08 bits per heavy atom. The van der Waals surface area contributed by atoms with E-state index in [4.69, 9.17) is 9.15 Å². The van der Waals surface area contributed by atoms with Gasteiger partial charge in [0.15, 0.2) is 4.96 Å². The number of hydrogen-bond acceptors (Lipinski definition) is 6. The normalized spacial score (nSPS) is 11.2. The van der Waals surface area contributed by atoms with E-state index in [1.807, 2.05) is 41.2 Å². The Morgan fingerprint density at radius 1 is 1.36 bits per heavy atom. The molecule has 0 unspecified atom stereocenters. The molecule has 0 aliphatic rings. The van der Waals surface area contributed by atoms with Crippen LogP contribution in [-0.4, -0.2) is 15.4 Å². The molecule has 126 valence electrons. The van der Waals surface area contributed by atoms with E-state index in [9.17, 15) is 9.59 Å². The van der Waals surface area contributed by atoms with E-state index in [-0.39, 0.29) is 19.0 Å². The fraction of sp³-hybridized carbons (Fsp3) is 0.167. The van der Waals surface area contributed by atoms with Gasteiger partial charge in [0.05, 0.1) is 12.1 Å². The maximum Gasteiger partial charge on any atom is 0.336 e. The summed E-state index contributed by atoms with van der Waals surface area (Å²) in [6.45, 7) is 1.94. The molecule has 25 heavy (non-hydrogen) atoms. The van der Waals surface area contributed by atoms with Crippen LogP contribution in [0, 0.1) is 6.92 Å². The van der Waals surface area contributed by atoms with E-state index in [0.29, 0.717) is 16.8 Å². The van der Waals surface area contributed by atoms with Gasteiger partial charge in [0.1, 0.15) is 12.2 Å². The highest BCUT2D eigenvalue weighted by Gasteiger charge is 2.12. The van der Waals surface area contributed by atoms with E-state index < -0.39 is 5.63 Å². The summed E-state index contributed by atoms with van der Waals surface area (Å²) in [6, 6.07) is 6.93. The molecule has 0 saturated heterocycles. The second-order valence-corrected chi connectivity index (χ2v) is 6.63. The first-order valence-corrected chi connectivity index (χ1v) is 8.56. The lowest BCUT2D eigenvalue weighted by molar-refractivity contribution is -0.144. The van der Waals surface area contributed by atoms with Crippen molar-refractivity contribution >= 4 is 33.2 Å². The maximum absolute atomic E-state index is 12.1. The van der Waals surface area contributed by atoms with Crippen LogP contribution < -0.4 is 5.63 Å². The van der Waals surface area contributed by atoms with E-state index in [1.165, 1.54) is 17.4 Å². The molecule has 0 radical (unpaired) electrons. The summed E-state index contributed by atoms with van der Waals surface area (Å²) in [5.41, 5.74) is 2.31. The van der Waals surface area contributed by atoms with E-state index in [2.05, 4.69) is 4.98 Å². The van der Waals surface area contributed by atoms with Crippen molar-refractivity contribution in [3.05, 3.63) is 69.3 Å². The first-order valence-electron chi connectivity index (χ1n) is 7.68. The molecule has 1 aromatic carbocycles. The van der Waals surface area contributed by atoms with Crippen molar-refractivity contribution in [2.75, 3.05) is 0 Å². The zero-order chi connectivity index (χ0) is 17.4. The molecule has 3 heterocycles. The number of thiazole rings is 1. The predicted octanol–water partition coefficient (Wildman–Crippen LogP) is 3.10. The number of esters is 1. The number of benzene rings is 1. The first kappa shape index (κ1) is 15.6. The summed E-state index contributed by atoms with van der Waals surface area (Å²) in [5.74, 6) is -0.390. The molecular weight excluding hydrogens is 340 g/mol. The second-order valence-electron chi connectivity index (χ2n) is 5.75. The lowest BCUT2D eigenvalue weighted by Crippen LogP contribution is -2.10. The predicted molar refractivity (Wildman–Crippen MR) is 93.8 cm³/mol. The quantitative estimate of drug-likeness (QED) is 0.416. The molecule has 0 aliphatic carbocycles. The minimum Gasteiger partial charge on any atom is -0.460 e. The van der Waals surface area contributed by atoms with Gasteiger partial charge in [0.2, 0.25) is 0 Å². The topological polar surface area (TPSA) is 73.8 Å². The molecule has 0 atom stereocenters. The third-order valence-electron chi connectivity index (χ3n) is 3.84. The van der Waals surface area contributed by atoms with Gasteiger partial charge in [0, 0.05) is 34.8 Å². The highest BCUT2D eigenvalue weighted by atomic mass is 32.1. The van der Waals surface area contributed by atoms with Crippen LogP contribution in [0.1, 0.15) is 16.8 Å². The maximum atomic E-state index is 12.1. The molecule has 7 heteroatoms. The van der Waals surface area contributed by atoms with Gasteiger partial charge in [-0.3, -0.25) is 9.20 Å². The summed E-state index contributed by atoms with van der Waals surface area (Å²) in [7, 11) is 0. The Kier molecular flexibility index (Phi) is 3.85. The average molecular weight is 354 g/mol. The van der Waals surface area contributed by atoms with E-state index in [0.717, 1.165) is 15.9 Å². The molecule has 0 amide bonds. The molecule has 6 nitrogen and oxygen atoms in total. The highest BCUT2D eigenvalue weighted by Crippen LogP contribution is 2.19. The Labute approximate surface area is 146 Å². The third kappa shape index (κ3) is 3.18. The number of fused-ring (bicyclic) bond motifs is 2. The Morgan fingerprint density at radius 2 is 2.24 bits per heavy atom. The molecule has 0 aliphatic heterocycles. The van der Waals surface area contributed by atoms with Crippen LogP contribution >= 0.6 is 11.3 Å².